The normalized spacial score (nSPS) is 12.0. The second kappa shape index (κ2) is 8.30. The Morgan fingerprint density at radius 2 is 1.74 bits per heavy atom. The Morgan fingerprint density at radius 1 is 1.07 bits per heavy atom. The number of benzene rings is 2. The molecule has 7 nitrogen and oxygen atoms in total. The molecule has 1 heterocycles. The van der Waals surface area contributed by atoms with Crippen molar-refractivity contribution in [3.05, 3.63) is 64.4 Å². The molecule has 2 aromatic carbocycles. The van der Waals surface area contributed by atoms with Gasteiger partial charge in [0.1, 0.15) is 5.75 Å². The number of aromatic nitrogens is 4. The number of nitrogens with zero attached hydrogens (tertiary/aromatic N) is 4. The van der Waals surface area contributed by atoms with Gasteiger partial charge in [0.2, 0.25) is 0 Å². The van der Waals surface area contributed by atoms with Gasteiger partial charge in [-0.3, -0.25) is 4.79 Å². The second-order valence-corrected chi connectivity index (χ2v) is 7.23. The zero-order chi connectivity index (χ0) is 19.4. The van der Waals surface area contributed by atoms with Gasteiger partial charge in [-0.15, -0.1) is 5.10 Å². The summed E-state index contributed by atoms with van der Waals surface area (Å²) in [4.78, 5) is 12.5. The van der Waals surface area contributed by atoms with E-state index in [1.54, 1.807) is 28.9 Å². The van der Waals surface area contributed by atoms with Crippen molar-refractivity contribution in [1.29, 1.82) is 0 Å². The smallest absolute Gasteiger partial charge is 0.251 e. The standard InChI is InChI=1S/C19H20BrN5O2/c1-12(2)27-17-10-4-14(5-11-17)19(26)21-13(3)18-22-23-24-25(18)16-8-6-15(20)7-9-16/h4-13H,1-3H3,(H,21,26). The number of amides is 1. The molecule has 0 bridgehead atoms. The van der Waals surface area contributed by atoms with Crippen LogP contribution in [0, 0.1) is 0 Å². The van der Waals surface area contributed by atoms with Crippen molar-refractivity contribution in [2.75, 3.05) is 0 Å². The molecule has 1 N–H and O–H groups in total. The first-order valence-electron chi connectivity index (χ1n) is 8.56. The van der Waals surface area contributed by atoms with Crippen LogP contribution in [0.2, 0.25) is 0 Å². The Morgan fingerprint density at radius 3 is 2.37 bits per heavy atom. The molecule has 3 rings (SSSR count). The number of hydrogen-bond acceptors (Lipinski definition) is 5. The highest BCUT2D eigenvalue weighted by atomic mass is 79.9. The molecule has 27 heavy (non-hydrogen) atoms. The lowest BCUT2D eigenvalue weighted by Gasteiger charge is -2.14. The Balaban J connectivity index is 1.72. The van der Waals surface area contributed by atoms with Crippen molar-refractivity contribution in [2.24, 2.45) is 0 Å². The minimum atomic E-state index is -0.372. The first-order valence-corrected chi connectivity index (χ1v) is 9.35. The van der Waals surface area contributed by atoms with Crippen molar-refractivity contribution in [3.63, 3.8) is 0 Å². The van der Waals surface area contributed by atoms with Gasteiger partial charge in [0.05, 0.1) is 17.8 Å². The van der Waals surface area contributed by atoms with Crippen molar-refractivity contribution in [3.8, 4) is 11.4 Å². The highest BCUT2D eigenvalue weighted by Crippen LogP contribution is 2.18. The highest BCUT2D eigenvalue weighted by Gasteiger charge is 2.18. The zero-order valence-corrected chi connectivity index (χ0v) is 16.8. The molecule has 8 heteroatoms. The maximum absolute atomic E-state index is 12.5. The van der Waals surface area contributed by atoms with Gasteiger partial charge >= 0.3 is 0 Å². The summed E-state index contributed by atoms with van der Waals surface area (Å²) >= 11 is 3.41. The van der Waals surface area contributed by atoms with Gasteiger partial charge in [0.15, 0.2) is 5.82 Å². The Hall–Kier alpha value is -2.74. The third kappa shape index (κ3) is 4.71. The summed E-state index contributed by atoms with van der Waals surface area (Å²) in [7, 11) is 0. The average Bonchev–Trinajstić information content (AvgIpc) is 3.12. The number of tetrazole rings is 1. The SMILES string of the molecule is CC(C)Oc1ccc(C(=O)NC(C)c2nnnn2-c2ccc(Br)cc2)cc1. The predicted molar refractivity (Wildman–Crippen MR) is 105 cm³/mol. The summed E-state index contributed by atoms with van der Waals surface area (Å²) in [6.45, 7) is 5.75. The number of ether oxygens (including phenoxy) is 1. The average molecular weight is 430 g/mol. The number of rotatable bonds is 6. The summed E-state index contributed by atoms with van der Waals surface area (Å²) < 4.78 is 8.17. The number of halogens is 1. The maximum atomic E-state index is 12.5. The van der Waals surface area contributed by atoms with Gasteiger partial charge in [0.25, 0.3) is 5.91 Å². The largest absolute Gasteiger partial charge is 0.491 e. The van der Waals surface area contributed by atoms with E-state index in [1.807, 2.05) is 45.0 Å². The Bertz CT molecular complexity index is 907. The first kappa shape index (κ1) is 19.0. The van der Waals surface area contributed by atoms with E-state index in [0.29, 0.717) is 11.4 Å². The van der Waals surface area contributed by atoms with Gasteiger partial charge in [-0.1, -0.05) is 15.9 Å². The topological polar surface area (TPSA) is 81.9 Å². The van der Waals surface area contributed by atoms with Gasteiger partial charge in [-0.05, 0) is 79.7 Å². The molecule has 0 saturated heterocycles. The van der Waals surface area contributed by atoms with Crippen molar-refractivity contribution >= 4 is 21.8 Å². The molecule has 140 valence electrons. The van der Waals surface area contributed by atoms with Gasteiger partial charge < -0.3 is 10.1 Å². The van der Waals surface area contributed by atoms with Crippen LogP contribution in [0.25, 0.3) is 5.69 Å². The molecule has 3 aromatic rings. The van der Waals surface area contributed by atoms with Crippen LogP contribution in [0.15, 0.2) is 53.0 Å². The van der Waals surface area contributed by atoms with Crippen molar-refractivity contribution in [1.82, 2.24) is 25.5 Å². The minimum Gasteiger partial charge on any atom is -0.491 e. The summed E-state index contributed by atoms with van der Waals surface area (Å²) in [5, 5.41) is 14.8. The third-order valence-electron chi connectivity index (χ3n) is 3.79. The van der Waals surface area contributed by atoms with E-state index in [0.717, 1.165) is 15.9 Å². The van der Waals surface area contributed by atoms with Crippen LogP contribution in [-0.2, 0) is 0 Å². The molecule has 1 aromatic heterocycles. The molecule has 0 saturated carbocycles. The van der Waals surface area contributed by atoms with E-state index in [2.05, 4.69) is 36.8 Å². The molecule has 0 fully saturated rings. The molecule has 1 unspecified atom stereocenters. The van der Waals surface area contributed by atoms with E-state index in [-0.39, 0.29) is 18.1 Å². The van der Waals surface area contributed by atoms with Crippen molar-refractivity contribution in [2.45, 2.75) is 32.9 Å². The summed E-state index contributed by atoms with van der Waals surface area (Å²) in [5.41, 5.74) is 1.36. The quantitative estimate of drug-likeness (QED) is 0.645. The highest BCUT2D eigenvalue weighted by molar-refractivity contribution is 9.10. The number of nitrogens with one attached hydrogen (secondary N) is 1. The molecule has 1 amide bonds. The fourth-order valence-corrected chi connectivity index (χ4v) is 2.80. The van der Waals surface area contributed by atoms with Crippen LogP contribution in [0.1, 0.15) is 43.0 Å². The van der Waals surface area contributed by atoms with Gasteiger partial charge in [-0.2, -0.15) is 4.68 Å². The molecule has 0 aliphatic heterocycles. The molecule has 0 spiro atoms. The van der Waals surface area contributed by atoms with Crippen molar-refractivity contribution < 1.29 is 9.53 Å². The minimum absolute atomic E-state index is 0.0853. The molecular weight excluding hydrogens is 410 g/mol. The van der Waals surface area contributed by atoms with E-state index in [1.165, 1.54) is 0 Å². The Labute approximate surface area is 165 Å². The fraction of sp³-hybridized carbons (Fsp3) is 0.263. The summed E-state index contributed by atoms with van der Waals surface area (Å²) in [6, 6.07) is 14.3. The fourth-order valence-electron chi connectivity index (χ4n) is 2.53. The lowest BCUT2D eigenvalue weighted by molar-refractivity contribution is 0.0938. The first-order chi connectivity index (χ1) is 12.9. The van der Waals surface area contributed by atoms with Crippen LogP contribution in [0.5, 0.6) is 5.75 Å². The summed E-state index contributed by atoms with van der Waals surface area (Å²) in [5.74, 6) is 1.07. The van der Waals surface area contributed by atoms with Crippen LogP contribution in [0.3, 0.4) is 0 Å². The van der Waals surface area contributed by atoms with Crippen LogP contribution in [0.4, 0.5) is 0 Å². The lowest BCUT2D eigenvalue weighted by Crippen LogP contribution is -2.28. The van der Waals surface area contributed by atoms with Crippen LogP contribution >= 0.6 is 15.9 Å². The maximum Gasteiger partial charge on any atom is 0.251 e. The Kier molecular flexibility index (Phi) is 5.85. The van der Waals surface area contributed by atoms with Gasteiger partial charge in [0, 0.05) is 10.0 Å². The number of hydrogen-bond donors (Lipinski definition) is 1. The lowest BCUT2D eigenvalue weighted by atomic mass is 10.2. The second-order valence-electron chi connectivity index (χ2n) is 6.31. The predicted octanol–water partition coefficient (Wildman–Crippen LogP) is 3.70. The molecule has 0 radical (unpaired) electrons. The molecule has 1 atom stereocenters. The van der Waals surface area contributed by atoms with E-state index >= 15 is 0 Å². The van der Waals surface area contributed by atoms with Gasteiger partial charge in [-0.25, -0.2) is 0 Å². The molecule has 0 aliphatic rings. The van der Waals surface area contributed by atoms with E-state index in [4.69, 9.17) is 4.74 Å². The summed E-state index contributed by atoms with van der Waals surface area (Å²) in [6.07, 6.45) is 0.0853. The number of carbonyl (C=O) groups is 1. The molecular formula is C19H20BrN5O2. The van der Waals surface area contributed by atoms with E-state index < -0.39 is 0 Å². The van der Waals surface area contributed by atoms with E-state index in [9.17, 15) is 4.79 Å². The monoisotopic (exact) mass is 429 g/mol. The number of carbonyl (C=O) groups excluding carboxylic acids is 1. The van der Waals surface area contributed by atoms with Crippen LogP contribution < -0.4 is 10.1 Å². The van der Waals surface area contributed by atoms with Crippen LogP contribution in [-0.4, -0.2) is 32.2 Å². The zero-order valence-electron chi connectivity index (χ0n) is 15.3. The molecule has 0 aliphatic carbocycles. The third-order valence-corrected chi connectivity index (χ3v) is 4.32.